The number of nitrogens with one attached hydrogen (secondary N) is 1. The van der Waals surface area contributed by atoms with Gasteiger partial charge in [-0.3, -0.25) is 14.4 Å². The molecule has 0 saturated carbocycles. The van der Waals surface area contributed by atoms with Crippen LogP contribution >= 0.6 is 0 Å². The van der Waals surface area contributed by atoms with Gasteiger partial charge in [0.05, 0.1) is 6.61 Å². The van der Waals surface area contributed by atoms with Crippen LogP contribution in [0, 0.1) is 5.41 Å². The molecule has 2 aliphatic heterocycles. The van der Waals surface area contributed by atoms with E-state index in [0.717, 1.165) is 18.4 Å². The summed E-state index contributed by atoms with van der Waals surface area (Å²) in [6, 6.07) is 9.60. The van der Waals surface area contributed by atoms with E-state index < -0.39 is 17.8 Å². The Kier molecular flexibility index (Phi) is 17.4. The van der Waals surface area contributed by atoms with E-state index in [0.29, 0.717) is 39.2 Å². The third-order valence-electron chi connectivity index (χ3n) is 9.16. The first-order chi connectivity index (χ1) is 22.3. The highest BCUT2D eigenvalue weighted by atomic mass is 16.7. The molecule has 2 fully saturated rings. The average molecular weight is 640 g/mol. The van der Waals surface area contributed by atoms with Crippen LogP contribution in [0.3, 0.4) is 0 Å². The average Bonchev–Trinajstić information content (AvgIpc) is 3.06. The monoisotopic (exact) mass is 639 g/mol. The van der Waals surface area contributed by atoms with Gasteiger partial charge in [0.15, 0.2) is 6.29 Å². The van der Waals surface area contributed by atoms with E-state index in [1.54, 1.807) is 4.90 Å². The highest BCUT2D eigenvalue weighted by Gasteiger charge is 2.43. The lowest BCUT2D eigenvalue weighted by molar-refractivity contribution is -0.258. The summed E-state index contributed by atoms with van der Waals surface area (Å²) in [4.78, 5) is 42.3. The van der Waals surface area contributed by atoms with Gasteiger partial charge in [0.25, 0.3) is 0 Å². The molecule has 2 heterocycles. The maximum atomic E-state index is 13.1. The van der Waals surface area contributed by atoms with Crippen LogP contribution in [0.1, 0.15) is 129 Å². The van der Waals surface area contributed by atoms with E-state index in [9.17, 15) is 14.4 Å². The van der Waals surface area contributed by atoms with Gasteiger partial charge in [-0.2, -0.15) is 0 Å². The van der Waals surface area contributed by atoms with Gasteiger partial charge in [0.2, 0.25) is 17.7 Å². The van der Waals surface area contributed by atoms with Crippen LogP contribution in [-0.4, -0.2) is 73.0 Å². The predicted octanol–water partition coefficient (Wildman–Crippen LogP) is 7.34. The van der Waals surface area contributed by atoms with Crippen LogP contribution in [0.25, 0.3) is 0 Å². The third kappa shape index (κ3) is 13.6. The van der Waals surface area contributed by atoms with E-state index in [2.05, 4.69) is 24.4 Å². The van der Waals surface area contributed by atoms with Crippen molar-refractivity contribution in [1.29, 1.82) is 0 Å². The summed E-state index contributed by atoms with van der Waals surface area (Å²) in [5, 5.41) is 2.90. The molecule has 8 heteroatoms. The number of ether oxygens (including phenoxy) is 2. The number of amides is 3. The Morgan fingerprint density at radius 1 is 0.783 bits per heavy atom. The van der Waals surface area contributed by atoms with Crippen LogP contribution < -0.4 is 5.32 Å². The molecule has 0 bridgehead atoms. The molecule has 2 unspecified atom stereocenters. The van der Waals surface area contributed by atoms with Gasteiger partial charge < -0.3 is 24.6 Å². The van der Waals surface area contributed by atoms with E-state index >= 15 is 0 Å². The molecule has 1 aromatic carbocycles. The van der Waals surface area contributed by atoms with Crippen molar-refractivity contribution in [2.24, 2.45) is 5.41 Å². The Morgan fingerprint density at radius 3 is 1.93 bits per heavy atom. The first kappa shape index (κ1) is 37.7. The standard InChI is InChI=1S/C38H61N3O5/c1-4-5-6-7-8-9-10-11-12-13-14-15-16-17-21-24-33(42)40-27-29-41(30-28-40)34(43)25-26-39-36(44)35-38(2,3)31-45-37(46-35)32-22-19-18-20-23-32/h11-12,18-20,22-23,35,37H,4-10,13-17,21,24-31H2,1-3H3,(H,39,44)/b12-11+. The highest BCUT2D eigenvalue weighted by molar-refractivity contribution is 5.83. The molecule has 2 atom stereocenters. The number of allylic oxidation sites excluding steroid dienone is 2. The first-order valence-electron chi connectivity index (χ1n) is 18.1. The lowest BCUT2D eigenvalue weighted by Gasteiger charge is -2.41. The molecule has 8 nitrogen and oxygen atoms in total. The second-order valence-corrected chi connectivity index (χ2v) is 13.7. The van der Waals surface area contributed by atoms with Gasteiger partial charge in [0.1, 0.15) is 6.10 Å². The fraction of sp³-hybridized carbons (Fsp3) is 0.711. The molecule has 0 radical (unpaired) electrons. The van der Waals surface area contributed by atoms with Gasteiger partial charge in [-0.05, 0) is 32.1 Å². The number of hydrogen-bond donors (Lipinski definition) is 1. The van der Waals surface area contributed by atoms with Crippen molar-refractivity contribution in [2.45, 2.75) is 129 Å². The summed E-state index contributed by atoms with van der Waals surface area (Å²) in [5.74, 6) is -0.0306. The Hall–Kier alpha value is -2.71. The highest BCUT2D eigenvalue weighted by Crippen LogP contribution is 2.36. The number of piperazine rings is 1. The fourth-order valence-corrected chi connectivity index (χ4v) is 6.17. The Morgan fingerprint density at radius 2 is 1.33 bits per heavy atom. The number of rotatable bonds is 20. The number of nitrogens with zero attached hydrogens (tertiary/aromatic N) is 2. The van der Waals surface area contributed by atoms with Crippen LogP contribution in [0.2, 0.25) is 0 Å². The minimum absolute atomic E-state index is 0.000953. The minimum atomic E-state index is -0.683. The lowest BCUT2D eigenvalue weighted by Crippen LogP contribution is -2.52. The molecule has 1 aromatic rings. The third-order valence-corrected chi connectivity index (χ3v) is 9.16. The SMILES string of the molecule is CCCCCCCC/C=C/CCCCCCCC(=O)N1CCN(C(=O)CCNC(=O)C2OC(c3ccccc3)OCC2(C)C)CC1. The van der Waals surface area contributed by atoms with Crippen molar-refractivity contribution in [3.8, 4) is 0 Å². The smallest absolute Gasteiger partial charge is 0.249 e. The van der Waals surface area contributed by atoms with Crippen LogP contribution in [0.5, 0.6) is 0 Å². The Labute approximate surface area is 278 Å². The molecule has 0 aromatic heterocycles. The molecule has 0 spiro atoms. The molecular formula is C38H61N3O5. The summed E-state index contributed by atoms with van der Waals surface area (Å²) < 4.78 is 12.0. The number of unbranched alkanes of at least 4 members (excludes halogenated alkanes) is 11. The van der Waals surface area contributed by atoms with Gasteiger partial charge in [-0.15, -0.1) is 0 Å². The second kappa shape index (κ2) is 21.2. The zero-order valence-electron chi connectivity index (χ0n) is 29.0. The van der Waals surface area contributed by atoms with Crippen molar-refractivity contribution in [1.82, 2.24) is 15.1 Å². The molecule has 0 aliphatic carbocycles. The van der Waals surface area contributed by atoms with E-state index in [1.165, 1.54) is 70.6 Å². The second-order valence-electron chi connectivity index (χ2n) is 13.7. The molecular weight excluding hydrogens is 578 g/mol. The number of hydrogen-bond acceptors (Lipinski definition) is 5. The Bertz CT molecular complexity index is 1050. The molecule has 46 heavy (non-hydrogen) atoms. The molecule has 258 valence electrons. The van der Waals surface area contributed by atoms with Crippen molar-refractivity contribution >= 4 is 17.7 Å². The molecule has 3 rings (SSSR count). The van der Waals surface area contributed by atoms with Crippen molar-refractivity contribution < 1.29 is 23.9 Å². The van der Waals surface area contributed by atoms with Crippen LogP contribution in [-0.2, 0) is 23.9 Å². The fourth-order valence-electron chi connectivity index (χ4n) is 6.17. The normalized spacial score (nSPS) is 19.8. The first-order valence-corrected chi connectivity index (χ1v) is 18.1. The maximum Gasteiger partial charge on any atom is 0.249 e. The maximum absolute atomic E-state index is 13.1. The molecule has 1 N–H and O–H groups in total. The van der Waals surface area contributed by atoms with Gasteiger partial charge in [-0.1, -0.05) is 115 Å². The van der Waals surface area contributed by atoms with Gasteiger partial charge >= 0.3 is 0 Å². The van der Waals surface area contributed by atoms with Gasteiger partial charge in [0, 0.05) is 56.5 Å². The van der Waals surface area contributed by atoms with E-state index in [-0.39, 0.29) is 30.7 Å². The van der Waals surface area contributed by atoms with E-state index in [1.807, 2.05) is 49.1 Å². The predicted molar refractivity (Wildman–Crippen MR) is 184 cm³/mol. The minimum Gasteiger partial charge on any atom is -0.353 e. The zero-order valence-corrected chi connectivity index (χ0v) is 29.0. The van der Waals surface area contributed by atoms with E-state index in [4.69, 9.17) is 9.47 Å². The summed E-state index contributed by atoms with van der Waals surface area (Å²) >= 11 is 0. The summed E-state index contributed by atoms with van der Waals surface area (Å²) in [5.41, 5.74) is 0.378. The zero-order chi connectivity index (χ0) is 33.0. The molecule has 2 aliphatic rings. The van der Waals surface area contributed by atoms with Gasteiger partial charge in [-0.25, -0.2) is 0 Å². The van der Waals surface area contributed by atoms with Crippen molar-refractivity contribution in [3.63, 3.8) is 0 Å². The topological polar surface area (TPSA) is 88.2 Å². The number of carbonyl (C=O) groups excluding carboxylic acids is 3. The van der Waals surface area contributed by atoms with Crippen LogP contribution in [0.4, 0.5) is 0 Å². The largest absolute Gasteiger partial charge is 0.353 e. The van der Waals surface area contributed by atoms with Crippen LogP contribution in [0.15, 0.2) is 42.5 Å². The van der Waals surface area contributed by atoms with Crippen molar-refractivity contribution in [2.75, 3.05) is 39.3 Å². The van der Waals surface area contributed by atoms with Crippen molar-refractivity contribution in [3.05, 3.63) is 48.0 Å². The Balaban J connectivity index is 1.21. The summed E-state index contributed by atoms with van der Waals surface area (Å²) in [6.45, 7) is 9.03. The molecule has 3 amide bonds. The quantitative estimate of drug-likeness (QED) is 0.119. The number of carbonyl (C=O) groups is 3. The summed E-state index contributed by atoms with van der Waals surface area (Å²) in [6.07, 6.45) is 20.4. The summed E-state index contributed by atoms with van der Waals surface area (Å²) in [7, 11) is 0. The molecule has 2 saturated heterocycles. The number of benzene rings is 1. The lowest BCUT2D eigenvalue weighted by atomic mass is 9.85.